The van der Waals surface area contributed by atoms with Crippen molar-refractivity contribution in [2.75, 3.05) is 18.4 Å². The molecule has 6 nitrogen and oxygen atoms in total. The zero-order valence-electron chi connectivity index (χ0n) is 14.3. The number of halogens is 1. The molecule has 7 heteroatoms. The van der Waals surface area contributed by atoms with Crippen molar-refractivity contribution in [3.63, 3.8) is 0 Å². The molecule has 5 rings (SSSR count). The predicted octanol–water partition coefficient (Wildman–Crippen LogP) is 4.07. The first kappa shape index (κ1) is 15.6. The van der Waals surface area contributed by atoms with E-state index in [1.54, 1.807) is 12.3 Å². The second-order valence-electron chi connectivity index (χ2n) is 7.25. The Morgan fingerprint density at radius 1 is 1.31 bits per heavy atom. The second-order valence-corrected chi connectivity index (χ2v) is 7.66. The highest BCUT2D eigenvalue weighted by Gasteiger charge is 2.46. The Balaban J connectivity index is 1.43. The lowest BCUT2D eigenvalue weighted by atomic mass is 10.2. The number of aromatic amines is 1. The normalized spacial score (nSPS) is 21.1. The SMILES string of the molecule is Cc1cnc2nc(-c3cc(NC(=O)N4CC5CC5C4)ccc3Cl)[nH]c2c1. The van der Waals surface area contributed by atoms with Crippen molar-refractivity contribution < 1.29 is 4.79 Å². The lowest BCUT2D eigenvalue weighted by Crippen LogP contribution is -2.34. The van der Waals surface area contributed by atoms with Crippen molar-refractivity contribution in [1.82, 2.24) is 19.9 Å². The fraction of sp³-hybridized carbons (Fsp3) is 0.316. The molecule has 1 saturated heterocycles. The summed E-state index contributed by atoms with van der Waals surface area (Å²) >= 11 is 6.37. The predicted molar refractivity (Wildman–Crippen MR) is 101 cm³/mol. The Hall–Kier alpha value is -2.60. The molecular weight excluding hydrogens is 350 g/mol. The van der Waals surface area contributed by atoms with Crippen LogP contribution in [-0.2, 0) is 0 Å². The number of hydrogen-bond acceptors (Lipinski definition) is 3. The van der Waals surface area contributed by atoms with E-state index in [0.29, 0.717) is 34.0 Å². The third-order valence-electron chi connectivity index (χ3n) is 5.21. The van der Waals surface area contributed by atoms with Crippen LogP contribution in [0.15, 0.2) is 30.5 Å². The van der Waals surface area contributed by atoms with Gasteiger partial charge in [0.25, 0.3) is 0 Å². The summed E-state index contributed by atoms with van der Waals surface area (Å²) in [5.41, 5.74) is 4.02. The average Bonchev–Trinajstić information content (AvgIpc) is 3.04. The van der Waals surface area contributed by atoms with Gasteiger partial charge in [-0.25, -0.2) is 14.8 Å². The molecule has 2 N–H and O–H groups in total. The Morgan fingerprint density at radius 2 is 2.12 bits per heavy atom. The van der Waals surface area contributed by atoms with E-state index in [0.717, 1.165) is 29.7 Å². The molecule has 3 heterocycles. The number of nitrogens with zero attached hydrogens (tertiary/aromatic N) is 3. The molecule has 0 spiro atoms. The summed E-state index contributed by atoms with van der Waals surface area (Å²) in [4.78, 5) is 26.4. The zero-order valence-corrected chi connectivity index (χ0v) is 15.0. The fourth-order valence-corrected chi connectivity index (χ4v) is 3.89. The number of amides is 2. The van der Waals surface area contributed by atoms with Crippen LogP contribution < -0.4 is 5.32 Å². The standard InChI is InChI=1S/C19H18ClN5O/c1-10-4-16-18(21-7-10)24-17(23-16)14-6-13(2-3-15(14)20)22-19(26)25-8-11-5-12(11)9-25/h2-4,6-7,11-12H,5,8-9H2,1H3,(H,22,26)(H,21,23,24). The van der Waals surface area contributed by atoms with Crippen LogP contribution in [0, 0.1) is 18.8 Å². The number of benzene rings is 1. The third kappa shape index (κ3) is 2.70. The molecule has 2 amide bonds. The summed E-state index contributed by atoms with van der Waals surface area (Å²) in [6, 6.07) is 7.39. The summed E-state index contributed by atoms with van der Waals surface area (Å²) in [6.07, 6.45) is 3.06. The third-order valence-corrected chi connectivity index (χ3v) is 5.54. The number of hydrogen-bond donors (Lipinski definition) is 2. The molecule has 132 valence electrons. The first-order chi connectivity index (χ1) is 12.6. The van der Waals surface area contributed by atoms with Crippen LogP contribution in [-0.4, -0.2) is 39.0 Å². The number of pyridine rings is 1. The van der Waals surface area contributed by atoms with Gasteiger partial charge in [0.05, 0.1) is 10.5 Å². The molecule has 1 aromatic carbocycles. The van der Waals surface area contributed by atoms with Crippen LogP contribution in [0.25, 0.3) is 22.6 Å². The Morgan fingerprint density at radius 3 is 2.92 bits per heavy atom. The van der Waals surface area contributed by atoms with Gasteiger partial charge < -0.3 is 15.2 Å². The van der Waals surface area contributed by atoms with Gasteiger partial charge in [0.2, 0.25) is 0 Å². The summed E-state index contributed by atoms with van der Waals surface area (Å²) in [6.45, 7) is 3.72. The number of urea groups is 1. The molecule has 0 bridgehead atoms. The first-order valence-electron chi connectivity index (χ1n) is 8.75. The number of aryl methyl sites for hydroxylation is 1. The highest BCUT2D eigenvalue weighted by Crippen LogP contribution is 2.45. The smallest absolute Gasteiger partial charge is 0.321 e. The minimum absolute atomic E-state index is 0.0487. The van der Waals surface area contributed by atoms with Gasteiger partial charge in [-0.05, 0) is 55.0 Å². The van der Waals surface area contributed by atoms with E-state index in [4.69, 9.17) is 11.6 Å². The minimum Gasteiger partial charge on any atom is -0.337 e. The van der Waals surface area contributed by atoms with Crippen LogP contribution in [0.1, 0.15) is 12.0 Å². The molecule has 2 atom stereocenters. The number of aromatic nitrogens is 3. The number of nitrogens with one attached hydrogen (secondary N) is 2. The van der Waals surface area contributed by atoms with Crippen LogP contribution in [0.5, 0.6) is 0 Å². The summed E-state index contributed by atoms with van der Waals surface area (Å²) in [7, 11) is 0. The van der Waals surface area contributed by atoms with Crippen molar-refractivity contribution >= 4 is 34.5 Å². The molecule has 1 aliphatic carbocycles. The van der Waals surface area contributed by atoms with E-state index in [1.165, 1.54) is 6.42 Å². The largest absolute Gasteiger partial charge is 0.337 e. The van der Waals surface area contributed by atoms with Crippen molar-refractivity contribution in [3.8, 4) is 11.4 Å². The number of rotatable bonds is 2. The Kier molecular flexibility index (Phi) is 3.43. The topological polar surface area (TPSA) is 73.9 Å². The molecular formula is C19H18ClN5O. The van der Waals surface area contributed by atoms with Gasteiger partial charge >= 0.3 is 6.03 Å². The van der Waals surface area contributed by atoms with E-state index in [-0.39, 0.29) is 6.03 Å². The molecule has 0 radical (unpaired) electrons. The van der Waals surface area contributed by atoms with Gasteiger partial charge in [-0.15, -0.1) is 0 Å². The molecule has 2 aromatic heterocycles. The van der Waals surface area contributed by atoms with Gasteiger partial charge in [0.15, 0.2) is 5.65 Å². The number of imidazole rings is 1. The van der Waals surface area contributed by atoms with Crippen LogP contribution in [0.3, 0.4) is 0 Å². The summed E-state index contributed by atoms with van der Waals surface area (Å²) in [5.74, 6) is 2.07. The molecule has 26 heavy (non-hydrogen) atoms. The van der Waals surface area contributed by atoms with E-state index < -0.39 is 0 Å². The highest BCUT2D eigenvalue weighted by atomic mass is 35.5. The molecule has 3 aromatic rings. The Bertz CT molecular complexity index is 1020. The molecule has 2 fully saturated rings. The lowest BCUT2D eigenvalue weighted by molar-refractivity contribution is 0.217. The summed E-state index contributed by atoms with van der Waals surface area (Å²) < 4.78 is 0. The summed E-state index contributed by atoms with van der Waals surface area (Å²) in [5, 5.41) is 3.55. The van der Waals surface area contributed by atoms with Gasteiger partial charge in [-0.1, -0.05) is 11.6 Å². The number of likely N-dealkylation sites (tertiary alicyclic amines) is 1. The maximum Gasteiger partial charge on any atom is 0.321 e. The minimum atomic E-state index is -0.0487. The Labute approximate surface area is 155 Å². The van der Waals surface area contributed by atoms with Crippen molar-refractivity contribution in [3.05, 3.63) is 41.0 Å². The molecule has 1 aliphatic heterocycles. The number of fused-ring (bicyclic) bond motifs is 2. The maximum absolute atomic E-state index is 12.4. The highest BCUT2D eigenvalue weighted by molar-refractivity contribution is 6.33. The van der Waals surface area contributed by atoms with E-state index in [9.17, 15) is 4.79 Å². The molecule has 2 unspecified atom stereocenters. The number of carbonyl (C=O) groups is 1. The van der Waals surface area contributed by atoms with Gasteiger partial charge in [-0.3, -0.25) is 0 Å². The van der Waals surface area contributed by atoms with Gasteiger partial charge in [0, 0.05) is 30.5 Å². The van der Waals surface area contributed by atoms with E-state index >= 15 is 0 Å². The average molecular weight is 368 g/mol. The van der Waals surface area contributed by atoms with Gasteiger partial charge in [-0.2, -0.15) is 0 Å². The quantitative estimate of drug-likeness (QED) is 0.717. The zero-order chi connectivity index (χ0) is 17.8. The second kappa shape index (κ2) is 5.71. The van der Waals surface area contributed by atoms with Crippen molar-refractivity contribution in [1.29, 1.82) is 0 Å². The van der Waals surface area contributed by atoms with E-state index in [1.807, 2.05) is 30.0 Å². The maximum atomic E-state index is 12.4. The number of anilines is 1. The lowest BCUT2D eigenvalue weighted by Gasteiger charge is -2.19. The van der Waals surface area contributed by atoms with Crippen LogP contribution in [0.4, 0.5) is 10.5 Å². The van der Waals surface area contributed by atoms with E-state index in [2.05, 4.69) is 20.3 Å². The number of carbonyl (C=O) groups excluding carboxylic acids is 1. The van der Waals surface area contributed by atoms with Gasteiger partial charge in [0.1, 0.15) is 5.82 Å². The van der Waals surface area contributed by atoms with Crippen LogP contribution in [0.2, 0.25) is 5.02 Å². The van der Waals surface area contributed by atoms with Crippen molar-refractivity contribution in [2.24, 2.45) is 11.8 Å². The first-order valence-corrected chi connectivity index (χ1v) is 9.13. The fourth-order valence-electron chi connectivity index (χ4n) is 3.68. The number of H-pyrrole nitrogens is 1. The van der Waals surface area contributed by atoms with Crippen molar-refractivity contribution in [2.45, 2.75) is 13.3 Å². The van der Waals surface area contributed by atoms with Crippen LogP contribution >= 0.6 is 11.6 Å². The molecule has 1 saturated carbocycles. The number of piperidine rings is 1. The molecule has 2 aliphatic rings. The monoisotopic (exact) mass is 367 g/mol.